The SMILES string of the molecule is O=C(N[C@@H](Cc1ccccc1)C(=O)N[C@H](/C=C/C(=O)N1CCCCC1)Cc1ccccc1)OCc1ccccc1. The van der Waals surface area contributed by atoms with E-state index in [1.165, 1.54) is 0 Å². The largest absolute Gasteiger partial charge is 0.445 e. The molecule has 1 fully saturated rings. The molecular formula is C33H37N3O4. The number of rotatable bonds is 11. The van der Waals surface area contributed by atoms with Gasteiger partial charge in [0.05, 0.1) is 6.04 Å². The Labute approximate surface area is 236 Å². The van der Waals surface area contributed by atoms with Crippen LogP contribution in [0.5, 0.6) is 0 Å². The van der Waals surface area contributed by atoms with Crippen molar-refractivity contribution in [1.82, 2.24) is 15.5 Å². The molecule has 3 aromatic carbocycles. The first-order valence-corrected chi connectivity index (χ1v) is 13.9. The topological polar surface area (TPSA) is 87.7 Å². The highest BCUT2D eigenvalue weighted by atomic mass is 16.5. The van der Waals surface area contributed by atoms with Crippen molar-refractivity contribution in [3.63, 3.8) is 0 Å². The summed E-state index contributed by atoms with van der Waals surface area (Å²) in [5.74, 6) is -0.396. The zero-order valence-corrected chi connectivity index (χ0v) is 22.7. The van der Waals surface area contributed by atoms with Crippen molar-refractivity contribution in [2.45, 2.75) is 50.8 Å². The fraction of sp³-hybridized carbons (Fsp3) is 0.303. The molecule has 208 valence electrons. The average Bonchev–Trinajstić information content (AvgIpc) is 3.00. The minimum atomic E-state index is -0.866. The van der Waals surface area contributed by atoms with Crippen LogP contribution in [0, 0.1) is 0 Å². The number of nitrogens with one attached hydrogen (secondary N) is 2. The lowest BCUT2D eigenvalue weighted by molar-refractivity contribution is -0.127. The molecular weight excluding hydrogens is 502 g/mol. The van der Waals surface area contributed by atoms with E-state index in [1.807, 2.05) is 95.9 Å². The van der Waals surface area contributed by atoms with Crippen LogP contribution in [0.1, 0.15) is 36.0 Å². The van der Waals surface area contributed by atoms with Crippen LogP contribution in [0.4, 0.5) is 4.79 Å². The Morgan fingerprint density at radius 2 is 1.27 bits per heavy atom. The van der Waals surface area contributed by atoms with Gasteiger partial charge in [0, 0.05) is 25.6 Å². The lowest BCUT2D eigenvalue weighted by Gasteiger charge is -2.26. The molecule has 0 aromatic heterocycles. The standard InChI is InChI=1S/C33H37N3O4/c37-31(36-21-11-4-12-22-36)20-19-29(23-26-13-5-1-6-14-26)34-32(38)30(24-27-15-7-2-8-16-27)35-33(39)40-25-28-17-9-3-10-18-28/h1-3,5-10,13-20,29-30H,4,11-12,21-25H2,(H,34,38)(H,35,39)/b20-19+/t29-,30+/m1/s1. The Bertz CT molecular complexity index is 1240. The van der Waals surface area contributed by atoms with Crippen molar-refractivity contribution in [1.29, 1.82) is 0 Å². The van der Waals surface area contributed by atoms with Crippen molar-refractivity contribution in [2.24, 2.45) is 0 Å². The van der Waals surface area contributed by atoms with Gasteiger partial charge >= 0.3 is 6.09 Å². The number of benzene rings is 3. The Balaban J connectivity index is 1.46. The van der Waals surface area contributed by atoms with E-state index in [0.29, 0.717) is 12.8 Å². The fourth-order valence-electron chi connectivity index (χ4n) is 4.70. The third kappa shape index (κ3) is 9.42. The van der Waals surface area contributed by atoms with Crippen LogP contribution in [-0.2, 0) is 33.8 Å². The summed E-state index contributed by atoms with van der Waals surface area (Å²) in [4.78, 5) is 41.0. The van der Waals surface area contributed by atoms with Gasteiger partial charge in [-0.05, 0) is 42.4 Å². The van der Waals surface area contributed by atoms with Crippen LogP contribution in [0.3, 0.4) is 0 Å². The molecule has 3 aromatic rings. The van der Waals surface area contributed by atoms with Gasteiger partial charge in [-0.15, -0.1) is 0 Å². The first kappa shape index (κ1) is 28.6. The smallest absolute Gasteiger partial charge is 0.408 e. The highest BCUT2D eigenvalue weighted by Gasteiger charge is 2.24. The maximum Gasteiger partial charge on any atom is 0.408 e. The van der Waals surface area contributed by atoms with E-state index >= 15 is 0 Å². The van der Waals surface area contributed by atoms with Crippen molar-refractivity contribution < 1.29 is 19.1 Å². The maximum atomic E-state index is 13.6. The minimum Gasteiger partial charge on any atom is -0.445 e. The van der Waals surface area contributed by atoms with E-state index < -0.39 is 18.2 Å². The van der Waals surface area contributed by atoms with Crippen LogP contribution in [0.2, 0.25) is 0 Å². The molecule has 7 heteroatoms. The van der Waals surface area contributed by atoms with E-state index in [0.717, 1.165) is 49.0 Å². The van der Waals surface area contributed by atoms with E-state index in [9.17, 15) is 14.4 Å². The number of piperidine rings is 1. The molecule has 0 bridgehead atoms. The minimum absolute atomic E-state index is 0.0459. The van der Waals surface area contributed by atoms with E-state index in [-0.39, 0.29) is 18.4 Å². The molecule has 4 rings (SSSR count). The average molecular weight is 540 g/mol. The summed E-state index contributed by atoms with van der Waals surface area (Å²) in [6.07, 6.45) is 6.62. The Morgan fingerprint density at radius 3 is 1.88 bits per heavy atom. The van der Waals surface area contributed by atoms with Gasteiger partial charge < -0.3 is 20.3 Å². The van der Waals surface area contributed by atoms with Crippen LogP contribution in [0.25, 0.3) is 0 Å². The van der Waals surface area contributed by atoms with Gasteiger partial charge in [-0.1, -0.05) is 97.1 Å². The second kappa shape index (κ2) is 15.3. The molecule has 2 atom stereocenters. The maximum absolute atomic E-state index is 13.6. The van der Waals surface area contributed by atoms with E-state index in [4.69, 9.17) is 4.74 Å². The normalized spacial score (nSPS) is 14.8. The van der Waals surface area contributed by atoms with Crippen molar-refractivity contribution >= 4 is 17.9 Å². The number of carbonyl (C=O) groups excluding carboxylic acids is 3. The molecule has 7 nitrogen and oxygen atoms in total. The molecule has 1 saturated heterocycles. The molecule has 2 N–H and O–H groups in total. The van der Waals surface area contributed by atoms with Gasteiger partial charge in [0.2, 0.25) is 11.8 Å². The first-order valence-electron chi connectivity index (χ1n) is 13.9. The van der Waals surface area contributed by atoms with E-state index in [2.05, 4.69) is 10.6 Å². The number of likely N-dealkylation sites (tertiary alicyclic amines) is 1. The predicted octanol–water partition coefficient (Wildman–Crippen LogP) is 4.82. The number of ether oxygens (including phenoxy) is 1. The molecule has 0 aliphatic carbocycles. The molecule has 0 saturated carbocycles. The quantitative estimate of drug-likeness (QED) is 0.342. The summed E-state index contributed by atoms with van der Waals surface area (Å²) in [7, 11) is 0. The summed E-state index contributed by atoms with van der Waals surface area (Å²) in [6.45, 7) is 1.62. The third-order valence-corrected chi connectivity index (χ3v) is 6.87. The van der Waals surface area contributed by atoms with Crippen molar-refractivity contribution in [3.8, 4) is 0 Å². The second-order valence-electron chi connectivity index (χ2n) is 10.00. The van der Waals surface area contributed by atoms with E-state index in [1.54, 1.807) is 12.2 Å². The summed E-state index contributed by atoms with van der Waals surface area (Å²) in [5.41, 5.74) is 2.78. The Kier molecular flexibility index (Phi) is 10.9. The summed E-state index contributed by atoms with van der Waals surface area (Å²) in [6, 6.07) is 27.4. The molecule has 1 heterocycles. The van der Waals surface area contributed by atoms with Crippen molar-refractivity contribution in [2.75, 3.05) is 13.1 Å². The van der Waals surface area contributed by atoms with Crippen molar-refractivity contribution in [3.05, 3.63) is 120 Å². The molecule has 0 unspecified atom stereocenters. The number of hydrogen-bond acceptors (Lipinski definition) is 4. The van der Waals surface area contributed by atoms with Crippen LogP contribution >= 0.6 is 0 Å². The van der Waals surface area contributed by atoms with Gasteiger partial charge in [0.15, 0.2) is 0 Å². The van der Waals surface area contributed by atoms with Gasteiger partial charge in [-0.25, -0.2) is 4.79 Å². The van der Waals surface area contributed by atoms with Gasteiger partial charge in [0.25, 0.3) is 0 Å². The second-order valence-corrected chi connectivity index (χ2v) is 10.00. The van der Waals surface area contributed by atoms with Crippen LogP contribution in [0.15, 0.2) is 103 Å². The van der Waals surface area contributed by atoms with Gasteiger partial charge in [-0.3, -0.25) is 9.59 Å². The zero-order chi connectivity index (χ0) is 28.0. The number of amides is 3. The Morgan fingerprint density at radius 1 is 0.725 bits per heavy atom. The lowest BCUT2D eigenvalue weighted by atomic mass is 10.0. The summed E-state index contributed by atoms with van der Waals surface area (Å²) < 4.78 is 5.40. The van der Waals surface area contributed by atoms with Gasteiger partial charge in [0.1, 0.15) is 12.6 Å². The highest BCUT2D eigenvalue weighted by Crippen LogP contribution is 2.11. The molecule has 0 radical (unpaired) electrons. The highest BCUT2D eigenvalue weighted by molar-refractivity contribution is 5.88. The molecule has 3 amide bonds. The van der Waals surface area contributed by atoms with Crippen LogP contribution < -0.4 is 10.6 Å². The monoisotopic (exact) mass is 539 g/mol. The summed E-state index contributed by atoms with van der Waals surface area (Å²) >= 11 is 0. The zero-order valence-electron chi connectivity index (χ0n) is 22.7. The first-order chi connectivity index (χ1) is 19.6. The number of hydrogen-bond donors (Lipinski definition) is 2. The molecule has 40 heavy (non-hydrogen) atoms. The molecule has 1 aliphatic heterocycles. The van der Waals surface area contributed by atoms with Crippen LogP contribution in [-0.4, -0.2) is 48.0 Å². The third-order valence-electron chi connectivity index (χ3n) is 6.87. The number of carbonyl (C=O) groups is 3. The summed E-state index contributed by atoms with van der Waals surface area (Å²) in [5, 5.41) is 5.81. The molecule has 0 spiro atoms. The predicted molar refractivity (Wildman–Crippen MR) is 155 cm³/mol. The number of nitrogens with zero attached hydrogens (tertiary/aromatic N) is 1. The molecule has 1 aliphatic rings. The number of alkyl carbamates (subject to hydrolysis) is 1. The Hall–Kier alpha value is -4.39. The van der Waals surface area contributed by atoms with Gasteiger partial charge in [-0.2, -0.15) is 0 Å². The fourth-order valence-corrected chi connectivity index (χ4v) is 4.70. The lowest BCUT2D eigenvalue weighted by Crippen LogP contribution is -2.51.